The van der Waals surface area contributed by atoms with Crippen LogP contribution < -0.4 is 4.74 Å². The number of aromatic nitrogens is 3. The molecule has 0 radical (unpaired) electrons. The largest absolute Gasteiger partial charge is 0.493 e. The molecule has 0 bridgehead atoms. The molecule has 0 aliphatic carbocycles. The second-order valence-electron chi connectivity index (χ2n) is 3.26. The van der Waals surface area contributed by atoms with Crippen LogP contribution in [-0.4, -0.2) is 33.5 Å². The van der Waals surface area contributed by atoms with Crippen molar-refractivity contribution < 1.29 is 9.84 Å². The number of para-hydroxylation sites is 1. The first-order valence-electron chi connectivity index (χ1n) is 5.10. The van der Waals surface area contributed by atoms with Gasteiger partial charge in [0, 0.05) is 13.0 Å². The zero-order valence-electron chi connectivity index (χ0n) is 8.76. The van der Waals surface area contributed by atoms with Gasteiger partial charge in [0.2, 0.25) is 0 Å². The van der Waals surface area contributed by atoms with Crippen molar-refractivity contribution in [1.29, 1.82) is 0 Å². The third-order valence-electron chi connectivity index (χ3n) is 2.12. The average Bonchev–Trinajstić information content (AvgIpc) is 2.83. The lowest BCUT2D eigenvalue weighted by Crippen LogP contribution is -2.01. The van der Waals surface area contributed by atoms with Crippen LogP contribution in [0.3, 0.4) is 0 Å². The van der Waals surface area contributed by atoms with Crippen LogP contribution >= 0.6 is 0 Å². The summed E-state index contributed by atoms with van der Waals surface area (Å²) in [6.45, 7) is 0.617. The predicted molar refractivity (Wildman–Crippen MR) is 59.0 cm³/mol. The van der Waals surface area contributed by atoms with E-state index in [2.05, 4.69) is 15.2 Å². The molecule has 2 N–H and O–H groups in total. The van der Waals surface area contributed by atoms with Gasteiger partial charge in [-0.05, 0) is 12.1 Å². The molecule has 1 aromatic heterocycles. The van der Waals surface area contributed by atoms with E-state index < -0.39 is 0 Å². The van der Waals surface area contributed by atoms with Gasteiger partial charge in [-0.25, -0.2) is 4.98 Å². The molecular weight excluding hydrogens is 206 g/mol. The van der Waals surface area contributed by atoms with Gasteiger partial charge in [-0.15, -0.1) is 0 Å². The van der Waals surface area contributed by atoms with Gasteiger partial charge in [0.05, 0.1) is 12.2 Å². The molecule has 2 rings (SSSR count). The molecule has 0 unspecified atom stereocenters. The number of aliphatic hydroxyl groups is 1. The Morgan fingerprint density at radius 3 is 2.94 bits per heavy atom. The molecule has 0 aliphatic heterocycles. The highest BCUT2D eigenvalue weighted by Crippen LogP contribution is 2.26. The molecule has 0 amide bonds. The Bertz CT molecular complexity index is 429. The van der Waals surface area contributed by atoms with Crippen molar-refractivity contribution in [2.45, 2.75) is 6.42 Å². The van der Waals surface area contributed by atoms with E-state index in [0.717, 1.165) is 11.3 Å². The first-order chi connectivity index (χ1) is 7.92. The fourth-order valence-electron chi connectivity index (χ4n) is 1.37. The van der Waals surface area contributed by atoms with Crippen molar-refractivity contribution >= 4 is 0 Å². The quantitative estimate of drug-likeness (QED) is 0.742. The summed E-state index contributed by atoms with van der Waals surface area (Å²) in [6, 6.07) is 7.59. The van der Waals surface area contributed by atoms with Gasteiger partial charge in [0.1, 0.15) is 12.1 Å². The number of H-pyrrole nitrogens is 1. The second-order valence-corrected chi connectivity index (χ2v) is 3.26. The molecule has 2 aromatic rings. The molecule has 0 aliphatic rings. The van der Waals surface area contributed by atoms with E-state index in [1.807, 2.05) is 24.3 Å². The third-order valence-corrected chi connectivity index (χ3v) is 2.12. The Morgan fingerprint density at radius 1 is 1.31 bits per heavy atom. The summed E-state index contributed by atoms with van der Waals surface area (Å²) in [5.41, 5.74) is 0.873. The number of hydrogen-bond acceptors (Lipinski definition) is 4. The summed E-state index contributed by atoms with van der Waals surface area (Å²) in [7, 11) is 0. The maximum absolute atomic E-state index is 8.69. The van der Waals surface area contributed by atoms with Crippen molar-refractivity contribution in [2.75, 3.05) is 13.2 Å². The van der Waals surface area contributed by atoms with Crippen molar-refractivity contribution in [1.82, 2.24) is 15.2 Å². The molecule has 16 heavy (non-hydrogen) atoms. The average molecular weight is 219 g/mol. The lowest BCUT2D eigenvalue weighted by atomic mass is 10.2. The molecule has 0 saturated heterocycles. The Kier molecular flexibility index (Phi) is 3.50. The highest BCUT2D eigenvalue weighted by atomic mass is 16.5. The molecule has 0 fully saturated rings. The lowest BCUT2D eigenvalue weighted by molar-refractivity contribution is 0.234. The molecule has 0 atom stereocenters. The maximum Gasteiger partial charge on any atom is 0.159 e. The summed E-state index contributed by atoms with van der Waals surface area (Å²) in [6.07, 6.45) is 2.07. The van der Waals surface area contributed by atoms with Crippen LogP contribution in [0.25, 0.3) is 11.4 Å². The summed E-state index contributed by atoms with van der Waals surface area (Å²) in [5.74, 6) is 1.42. The minimum absolute atomic E-state index is 0.129. The third kappa shape index (κ3) is 2.38. The van der Waals surface area contributed by atoms with Crippen molar-refractivity contribution in [3.8, 4) is 17.1 Å². The van der Waals surface area contributed by atoms with Crippen LogP contribution in [0, 0.1) is 0 Å². The highest BCUT2D eigenvalue weighted by molar-refractivity contribution is 5.63. The van der Waals surface area contributed by atoms with Gasteiger partial charge in [-0.3, -0.25) is 5.10 Å². The van der Waals surface area contributed by atoms with Gasteiger partial charge in [-0.1, -0.05) is 12.1 Å². The standard InChI is InChI=1S/C11H13N3O2/c15-6-3-7-16-10-5-2-1-4-9(10)11-12-8-13-14-11/h1-2,4-5,8,15H,3,6-7H2,(H,12,13,14). The molecule has 84 valence electrons. The number of benzene rings is 1. The lowest BCUT2D eigenvalue weighted by Gasteiger charge is -2.08. The Labute approximate surface area is 93.1 Å². The van der Waals surface area contributed by atoms with Crippen LogP contribution in [0.5, 0.6) is 5.75 Å². The molecule has 1 heterocycles. The first kappa shape index (κ1) is 10.6. The number of hydrogen-bond donors (Lipinski definition) is 2. The Balaban J connectivity index is 2.18. The van der Waals surface area contributed by atoms with Gasteiger partial charge < -0.3 is 9.84 Å². The highest BCUT2D eigenvalue weighted by Gasteiger charge is 2.07. The maximum atomic E-state index is 8.69. The van der Waals surface area contributed by atoms with E-state index in [9.17, 15) is 0 Å². The summed E-state index contributed by atoms with van der Waals surface area (Å²) in [5, 5.41) is 15.3. The van der Waals surface area contributed by atoms with E-state index in [1.54, 1.807) is 0 Å². The van der Waals surface area contributed by atoms with Crippen molar-refractivity contribution in [2.24, 2.45) is 0 Å². The van der Waals surface area contributed by atoms with Crippen LogP contribution in [0.1, 0.15) is 6.42 Å². The van der Waals surface area contributed by atoms with Crippen molar-refractivity contribution in [3.63, 3.8) is 0 Å². The fourth-order valence-corrected chi connectivity index (χ4v) is 1.37. The van der Waals surface area contributed by atoms with Crippen LogP contribution in [0.4, 0.5) is 0 Å². The number of aliphatic hydroxyl groups excluding tert-OH is 1. The number of ether oxygens (including phenoxy) is 1. The monoisotopic (exact) mass is 219 g/mol. The van der Waals surface area contributed by atoms with Gasteiger partial charge >= 0.3 is 0 Å². The SMILES string of the molecule is OCCCOc1ccccc1-c1ncn[nH]1. The number of aromatic amines is 1. The normalized spacial score (nSPS) is 10.3. The van der Waals surface area contributed by atoms with E-state index >= 15 is 0 Å². The number of nitrogens with zero attached hydrogens (tertiary/aromatic N) is 2. The second kappa shape index (κ2) is 5.27. The first-order valence-corrected chi connectivity index (χ1v) is 5.10. The fraction of sp³-hybridized carbons (Fsp3) is 0.273. The summed E-state index contributed by atoms with van der Waals surface area (Å²) < 4.78 is 5.55. The Morgan fingerprint density at radius 2 is 2.19 bits per heavy atom. The molecule has 1 aromatic carbocycles. The van der Waals surface area contributed by atoms with Crippen LogP contribution in [0.15, 0.2) is 30.6 Å². The summed E-state index contributed by atoms with van der Waals surface area (Å²) in [4.78, 5) is 4.08. The van der Waals surface area contributed by atoms with Gasteiger partial charge in [-0.2, -0.15) is 5.10 Å². The van der Waals surface area contributed by atoms with Gasteiger partial charge in [0.25, 0.3) is 0 Å². The minimum Gasteiger partial charge on any atom is -0.493 e. The van der Waals surface area contributed by atoms with E-state index in [4.69, 9.17) is 9.84 Å². The molecule has 5 heteroatoms. The Hall–Kier alpha value is -1.88. The van der Waals surface area contributed by atoms with E-state index in [1.165, 1.54) is 6.33 Å². The number of nitrogens with one attached hydrogen (secondary N) is 1. The van der Waals surface area contributed by atoms with E-state index in [0.29, 0.717) is 18.9 Å². The number of rotatable bonds is 5. The van der Waals surface area contributed by atoms with E-state index in [-0.39, 0.29) is 6.61 Å². The predicted octanol–water partition coefficient (Wildman–Crippen LogP) is 1.23. The topological polar surface area (TPSA) is 71.0 Å². The zero-order valence-corrected chi connectivity index (χ0v) is 8.76. The smallest absolute Gasteiger partial charge is 0.159 e. The van der Waals surface area contributed by atoms with Crippen molar-refractivity contribution in [3.05, 3.63) is 30.6 Å². The minimum atomic E-state index is 0.129. The molecule has 0 saturated carbocycles. The van der Waals surface area contributed by atoms with Crippen LogP contribution in [-0.2, 0) is 0 Å². The van der Waals surface area contributed by atoms with Gasteiger partial charge in [0.15, 0.2) is 5.82 Å². The molecular formula is C11H13N3O2. The zero-order chi connectivity index (χ0) is 11.2. The summed E-state index contributed by atoms with van der Waals surface area (Å²) >= 11 is 0. The van der Waals surface area contributed by atoms with Crippen LogP contribution in [0.2, 0.25) is 0 Å². The molecule has 5 nitrogen and oxygen atoms in total. The molecule has 0 spiro atoms.